The summed E-state index contributed by atoms with van der Waals surface area (Å²) in [6, 6.07) is 2.21. The second kappa shape index (κ2) is 5.44. The molecule has 1 aromatic rings. The van der Waals surface area contributed by atoms with Crippen molar-refractivity contribution in [2.45, 2.75) is 16.8 Å². The summed E-state index contributed by atoms with van der Waals surface area (Å²) in [5.41, 5.74) is -7.31. The van der Waals surface area contributed by atoms with E-state index in [1.54, 1.807) is 0 Å². The summed E-state index contributed by atoms with van der Waals surface area (Å²) < 4.78 is 61.8. The van der Waals surface area contributed by atoms with Gasteiger partial charge in [0.1, 0.15) is 0 Å². The third-order valence-electron chi connectivity index (χ3n) is 1.96. The van der Waals surface area contributed by atoms with Crippen LogP contribution in [0.3, 0.4) is 0 Å². The van der Waals surface area contributed by atoms with Crippen LogP contribution in [-0.4, -0.2) is 16.6 Å². The fourth-order valence-electron chi connectivity index (χ4n) is 1.25. The molecule has 0 fully saturated rings. The zero-order valence-electron chi connectivity index (χ0n) is 8.83. The van der Waals surface area contributed by atoms with E-state index < -0.39 is 51.3 Å². The number of rotatable bonds is 3. The molecule has 1 rings (SSSR count). The quantitative estimate of drug-likeness (QED) is 0.681. The van der Waals surface area contributed by atoms with Crippen LogP contribution >= 0.6 is 11.8 Å². The lowest BCUT2D eigenvalue weighted by Crippen LogP contribution is -2.07. The lowest BCUT2D eigenvalue weighted by molar-refractivity contribution is -0.0328. The normalized spacial score (nSPS) is 11.4. The summed E-state index contributed by atoms with van der Waals surface area (Å²) in [6.45, 7) is 0. The molecule has 0 atom stereocenters. The Morgan fingerprint density at radius 1 is 1.37 bits per heavy atom. The van der Waals surface area contributed by atoms with Crippen LogP contribution < -0.4 is 0 Å². The number of carbonyl (C=O) groups is 1. The number of halogens is 5. The first-order chi connectivity index (χ1) is 8.65. The topological polar surface area (TPSA) is 61.1 Å². The van der Waals surface area contributed by atoms with Crippen molar-refractivity contribution >= 4 is 17.7 Å². The average Bonchev–Trinajstić information content (AvgIpc) is 2.25. The molecule has 1 N–H and O–H groups in total. The Morgan fingerprint density at radius 2 is 1.95 bits per heavy atom. The minimum Gasteiger partial charge on any atom is -0.478 e. The highest BCUT2D eigenvalue weighted by Crippen LogP contribution is 2.40. The van der Waals surface area contributed by atoms with Gasteiger partial charge >= 0.3 is 11.5 Å². The average molecular weight is 297 g/mol. The molecule has 0 amide bonds. The first-order valence-corrected chi connectivity index (χ1v) is 5.32. The largest absolute Gasteiger partial charge is 0.478 e. The molecule has 9 heteroatoms. The highest BCUT2D eigenvalue weighted by molar-refractivity contribution is 8.00. The Balaban J connectivity index is 3.46. The van der Waals surface area contributed by atoms with Gasteiger partial charge in [0.25, 0.3) is 6.43 Å². The van der Waals surface area contributed by atoms with Crippen LogP contribution in [0.15, 0.2) is 17.0 Å². The lowest BCUT2D eigenvalue weighted by Gasteiger charge is -2.11. The van der Waals surface area contributed by atoms with Gasteiger partial charge in [0.2, 0.25) is 0 Å². The van der Waals surface area contributed by atoms with Crippen molar-refractivity contribution in [3.63, 3.8) is 0 Å². The standard InChI is InChI=1S/C10H4F5NO2S/c11-8(12)5-2-6(9(17)18)7(1-4(5)3-16)19-10(13,14)15/h1-2,8H,(H,17,18). The molecular weight excluding hydrogens is 293 g/mol. The van der Waals surface area contributed by atoms with Gasteiger partial charge in [-0.1, -0.05) is 0 Å². The number of nitriles is 1. The SMILES string of the molecule is N#Cc1cc(SC(F)(F)F)c(C(=O)O)cc1C(F)F. The number of thioether (sulfide) groups is 1. The van der Waals surface area contributed by atoms with E-state index in [0.717, 1.165) is 0 Å². The molecule has 0 radical (unpaired) electrons. The highest BCUT2D eigenvalue weighted by Gasteiger charge is 2.32. The van der Waals surface area contributed by atoms with Crippen molar-refractivity contribution < 1.29 is 31.9 Å². The number of hydrogen-bond acceptors (Lipinski definition) is 3. The third kappa shape index (κ3) is 3.82. The molecule has 19 heavy (non-hydrogen) atoms. The highest BCUT2D eigenvalue weighted by atomic mass is 32.2. The number of nitrogens with zero attached hydrogens (tertiary/aromatic N) is 1. The molecule has 3 nitrogen and oxygen atoms in total. The van der Waals surface area contributed by atoms with Crippen LogP contribution in [0.1, 0.15) is 27.9 Å². The Kier molecular flexibility index (Phi) is 4.36. The summed E-state index contributed by atoms with van der Waals surface area (Å²) >= 11 is -0.771. The number of carboxylic acid groups (broad SMARTS) is 1. The fraction of sp³-hybridized carbons (Fsp3) is 0.200. The second-order valence-electron chi connectivity index (χ2n) is 3.20. The Morgan fingerprint density at radius 3 is 2.32 bits per heavy atom. The zero-order chi connectivity index (χ0) is 14.8. The minimum absolute atomic E-state index is 0.389. The van der Waals surface area contributed by atoms with E-state index in [2.05, 4.69) is 0 Å². The number of alkyl halides is 5. The van der Waals surface area contributed by atoms with Crippen molar-refractivity contribution in [3.05, 3.63) is 28.8 Å². The Hall–Kier alpha value is -1.82. The predicted octanol–water partition coefficient (Wildman–Crippen LogP) is 3.81. The van der Waals surface area contributed by atoms with Gasteiger partial charge in [-0.3, -0.25) is 0 Å². The molecule has 0 aromatic heterocycles. The fourth-order valence-corrected chi connectivity index (χ4v) is 1.93. The number of aromatic carboxylic acids is 1. The van der Waals surface area contributed by atoms with E-state index in [1.165, 1.54) is 6.07 Å². The van der Waals surface area contributed by atoms with Crippen LogP contribution in [0.25, 0.3) is 0 Å². The van der Waals surface area contributed by atoms with E-state index in [4.69, 9.17) is 10.4 Å². The van der Waals surface area contributed by atoms with Gasteiger partial charge in [0.15, 0.2) is 0 Å². The Labute approximate surface area is 107 Å². The summed E-state index contributed by atoms with van der Waals surface area (Å²) in [5, 5.41) is 17.3. The van der Waals surface area contributed by atoms with Gasteiger partial charge in [0, 0.05) is 10.5 Å². The maximum atomic E-state index is 12.6. The monoisotopic (exact) mass is 297 g/mol. The van der Waals surface area contributed by atoms with Gasteiger partial charge < -0.3 is 5.11 Å². The summed E-state index contributed by atoms with van der Waals surface area (Å²) in [6.07, 6.45) is -3.15. The molecule has 0 aliphatic carbocycles. The van der Waals surface area contributed by atoms with Crippen molar-refractivity contribution in [3.8, 4) is 6.07 Å². The van der Waals surface area contributed by atoms with Gasteiger partial charge in [-0.25, -0.2) is 13.6 Å². The molecule has 102 valence electrons. The van der Waals surface area contributed by atoms with Gasteiger partial charge in [0.05, 0.1) is 17.2 Å². The van der Waals surface area contributed by atoms with E-state index in [0.29, 0.717) is 12.1 Å². The molecule has 0 aliphatic heterocycles. The summed E-state index contributed by atoms with van der Waals surface area (Å²) in [4.78, 5) is 9.97. The molecule has 0 spiro atoms. The third-order valence-corrected chi connectivity index (χ3v) is 2.75. The summed E-state index contributed by atoms with van der Waals surface area (Å²) in [5.74, 6) is -1.78. The molecule has 1 aromatic carbocycles. The Bertz CT molecular complexity index is 550. The number of benzene rings is 1. The second-order valence-corrected chi connectivity index (χ2v) is 4.31. The van der Waals surface area contributed by atoms with Gasteiger partial charge in [-0.2, -0.15) is 18.4 Å². The van der Waals surface area contributed by atoms with Crippen LogP contribution in [0.5, 0.6) is 0 Å². The van der Waals surface area contributed by atoms with Crippen molar-refractivity contribution in [1.82, 2.24) is 0 Å². The van der Waals surface area contributed by atoms with Crippen LogP contribution in [0.2, 0.25) is 0 Å². The predicted molar refractivity (Wildman–Crippen MR) is 55.0 cm³/mol. The molecule has 0 heterocycles. The van der Waals surface area contributed by atoms with Crippen LogP contribution in [-0.2, 0) is 0 Å². The number of hydrogen-bond donors (Lipinski definition) is 1. The molecule has 0 aliphatic rings. The van der Waals surface area contributed by atoms with E-state index in [1.807, 2.05) is 0 Å². The van der Waals surface area contributed by atoms with E-state index >= 15 is 0 Å². The van der Waals surface area contributed by atoms with Gasteiger partial charge in [-0.15, -0.1) is 0 Å². The summed E-state index contributed by atoms with van der Waals surface area (Å²) in [7, 11) is 0. The zero-order valence-corrected chi connectivity index (χ0v) is 9.65. The van der Waals surface area contributed by atoms with Crippen molar-refractivity contribution in [2.75, 3.05) is 0 Å². The van der Waals surface area contributed by atoms with E-state index in [-0.39, 0.29) is 0 Å². The number of carboxylic acids is 1. The first kappa shape index (κ1) is 15.2. The van der Waals surface area contributed by atoms with E-state index in [9.17, 15) is 26.7 Å². The molecule has 0 saturated carbocycles. The van der Waals surface area contributed by atoms with Crippen LogP contribution in [0, 0.1) is 11.3 Å². The molecule has 0 bridgehead atoms. The minimum atomic E-state index is -4.79. The maximum Gasteiger partial charge on any atom is 0.446 e. The molecular formula is C10H4F5NO2S. The molecule has 0 unspecified atom stereocenters. The van der Waals surface area contributed by atoms with Crippen LogP contribution in [0.4, 0.5) is 22.0 Å². The van der Waals surface area contributed by atoms with Crippen molar-refractivity contribution in [1.29, 1.82) is 5.26 Å². The maximum absolute atomic E-state index is 12.6. The van der Waals surface area contributed by atoms with Crippen molar-refractivity contribution in [2.24, 2.45) is 0 Å². The van der Waals surface area contributed by atoms with Gasteiger partial charge in [-0.05, 0) is 23.9 Å². The molecule has 0 saturated heterocycles. The lowest BCUT2D eigenvalue weighted by atomic mass is 10.0. The smallest absolute Gasteiger partial charge is 0.446 e. The first-order valence-electron chi connectivity index (χ1n) is 4.51.